The Labute approximate surface area is 92.8 Å². The van der Waals surface area contributed by atoms with E-state index in [0.717, 1.165) is 45.2 Å². The van der Waals surface area contributed by atoms with Crippen LogP contribution in [0, 0.1) is 11.8 Å². The van der Waals surface area contributed by atoms with Crippen molar-refractivity contribution in [3.05, 3.63) is 0 Å². The van der Waals surface area contributed by atoms with E-state index in [-0.39, 0.29) is 0 Å². The number of rotatable bonds is 2. The van der Waals surface area contributed by atoms with E-state index in [4.69, 9.17) is 0 Å². The molecule has 2 heteroatoms. The predicted octanol–water partition coefficient (Wildman–Crippen LogP) is 3.29. The predicted molar refractivity (Wildman–Crippen MR) is 61.7 cm³/mol. The Bertz CT molecular complexity index is 169. The molecule has 1 aliphatic heterocycles. The van der Waals surface area contributed by atoms with Gasteiger partial charge in [-0.25, -0.2) is 4.39 Å². The van der Waals surface area contributed by atoms with Crippen molar-refractivity contribution in [2.24, 2.45) is 11.8 Å². The summed E-state index contributed by atoms with van der Waals surface area (Å²) in [6, 6.07) is 0. The van der Waals surface area contributed by atoms with E-state index >= 15 is 0 Å². The molecule has 2 fully saturated rings. The van der Waals surface area contributed by atoms with Crippen molar-refractivity contribution in [2.75, 3.05) is 13.1 Å². The van der Waals surface area contributed by atoms with Gasteiger partial charge in [-0.3, -0.25) is 0 Å². The first-order valence-corrected chi connectivity index (χ1v) is 6.72. The quantitative estimate of drug-likeness (QED) is 0.742. The van der Waals surface area contributed by atoms with Crippen LogP contribution >= 0.6 is 0 Å². The zero-order valence-corrected chi connectivity index (χ0v) is 9.68. The van der Waals surface area contributed by atoms with Gasteiger partial charge in [0.1, 0.15) is 6.17 Å². The summed E-state index contributed by atoms with van der Waals surface area (Å²) in [5.74, 6) is 0.741. The fourth-order valence-electron chi connectivity index (χ4n) is 3.20. The normalized spacial score (nSPS) is 32.2. The van der Waals surface area contributed by atoms with Crippen molar-refractivity contribution in [3.63, 3.8) is 0 Å². The lowest BCUT2D eigenvalue weighted by atomic mass is 9.79. The zero-order chi connectivity index (χ0) is 10.5. The third kappa shape index (κ3) is 3.17. The molecule has 15 heavy (non-hydrogen) atoms. The van der Waals surface area contributed by atoms with Crippen molar-refractivity contribution in [1.29, 1.82) is 0 Å². The maximum absolute atomic E-state index is 14.3. The number of hydrogen-bond acceptors (Lipinski definition) is 1. The molecule has 0 radical (unpaired) electrons. The lowest BCUT2D eigenvalue weighted by Gasteiger charge is -2.30. The zero-order valence-electron chi connectivity index (χ0n) is 9.68. The lowest BCUT2D eigenvalue weighted by molar-refractivity contribution is 0.111. The van der Waals surface area contributed by atoms with Crippen molar-refractivity contribution in [3.8, 4) is 0 Å². The average molecular weight is 213 g/mol. The molecule has 88 valence electrons. The maximum atomic E-state index is 14.3. The number of alkyl halides is 1. The summed E-state index contributed by atoms with van der Waals surface area (Å²) >= 11 is 0. The van der Waals surface area contributed by atoms with Gasteiger partial charge in [0.2, 0.25) is 0 Å². The van der Waals surface area contributed by atoms with Crippen LogP contribution < -0.4 is 5.32 Å². The first kappa shape index (κ1) is 11.4. The average Bonchev–Trinajstić information content (AvgIpc) is 2.58. The Morgan fingerprint density at radius 1 is 0.800 bits per heavy atom. The minimum Gasteiger partial charge on any atom is -0.317 e. The Balaban J connectivity index is 1.83. The second-order valence-electron chi connectivity index (χ2n) is 5.28. The topological polar surface area (TPSA) is 12.0 Å². The molecule has 0 aromatic carbocycles. The molecule has 2 aliphatic rings. The first-order chi connectivity index (χ1) is 7.38. The van der Waals surface area contributed by atoms with E-state index in [1.54, 1.807) is 0 Å². The first-order valence-electron chi connectivity index (χ1n) is 6.72. The molecular weight excluding hydrogens is 189 g/mol. The Morgan fingerprint density at radius 3 is 2.27 bits per heavy atom. The van der Waals surface area contributed by atoms with Gasteiger partial charge in [0.15, 0.2) is 0 Å². The molecule has 1 nitrogen and oxygen atoms in total. The maximum Gasteiger partial charge on any atom is 0.106 e. The van der Waals surface area contributed by atoms with Crippen LogP contribution in [0.1, 0.15) is 51.4 Å². The highest BCUT2D eigenvalue weighted by Gasteiger charge is 2.30. The molecule has 0 aromatic rings. The van der Waals surface area contributed by atoms with Crippen LogP contribution in [0.5, 0.6) is 0 Å². The van der Waals surface area contributed by atoms with Crippen LogP contribution in [0.3, 0.4) is 0 Å². The summed E-state index contributed by atoms with van der Waals surface area (Å²) in [4.78, 5) is 0. The van der Waals surface area contributed by atoms with Gasteiger partial charge in [0, 0.05) is 0 Å². The van der Waals surface area contributed by atoms with E-state index in [9.17, 15) is 4.39 Å². The van der Waals surface area contributed by atoms with Crippen molar-refractivity contribution >= 4 is 0 Å². The summed E-state index contributed by atoms with van der Waals surface area (Å²) in [5, 5.41) is 3.37. The Morgan fingerprint density at radius 2 is 1.47 bits per heavy atom. The molecule has 1 N–H and O–H groups in total. The standard InChI is InChI=1S/C13H24FN/c14-13(11-5-2-1-3-6-11)12-7-4-9-15-10-8-12/h11-13,15H,1-10H2. The second kappa shape index (κ2) is 5.83. The lowest BCUT2D eigenvalue weighted by Crippen LogP contribution is -2.27. The minimum atomic E-state index is -0.509. The SMILES string of the molecule is FC(C1CCCCC1)C1CCCNCC1. The van der Waals surface area contributed by atoms with Crippen molar-refractivity contribution in [1.82, 2.24) is 5.32 Å². The van der Waals surface area contributed by atoms with E-state index in [0.29, 0.717) is 11.8 Å². The molecule has 0 bridgehead atoms. The third-order valence-electron chi connectivity index (χ3n) is 4.17. The Kier molecular flexibility index (Phi) is 4.42. The minimum absolute atomic E-state index is 0.350. The van der Waals surface area contributed by atoms with Crippen LogP contribution in [0.25, 0.3) is 0 Å². The summed E-state index contributed by atoms with van der Waals surface area (Å²) in [6.45, 7) is 2.12. The van der Waals surface area contributed by atoms with E-state index < -0.39 is 6.17 Å². The van der Waals surface area contributed by atoms with Crippen LogP contribution in [0.15, 0.2) is 0 Å². The van der Waals surface area contributed by atoms with E-state index in [1.807, 2.05) is 0 Å². The molecule has 1 saturated heterocycles. The highest BCUT2D eigenvalue weighted by molar-refractivity contribution is 4.81. The summed E-state index contributed by atoms with van der Waals surface area (Å²) in [6.07, 6.45) is 8.95. The smallest absolute Gasteiger partial charge is 0.106 e. The van der Waals surface area contributed by atoms with Crippen LogP contribution in [0.4, 0.5) is 4.39 Å². The molecule has 1 saturated carbocycles. The summed E-state index contributed by atoms with van der Waals surface area (Å²) in [5.41, 5.74) is 0. The molecule has 2 rings (SSSR count). The van der Waals surface area contributed by atoms with Crippen molar-refractivity contribution < 1.29 is 4.39 Å². The number of nitrogens with one attached hydrogen (secondary N) is 1. The Hall–Kier alpha value is -0.110. The molecule has 2 atom stereocenters. The number of halogens is 1. The molecule has 0 spiro atoms. The molecule has 2 unspecified atom stereocenters. The highest BCUT2D eigenvalue weighted by atomic mass is 19.1. The van der Waals surface area contributed by atoms with Gasteiger partial charge in [-0.05, 0) is 57.0 Å². The number of hydrogen-bond donors (Lipinski definition) is 1. The third-order valence-corrected chi connectivity index (χ3v) is 4.17. The van der Waals surface area contributed by atoms with Gasteiger partial charge in [0.05, 0.1) is 0 Å². The molecule has 0 aromatic heterocycles. The largest absolute Gasteiger partial charge is 0.317 e. The van der Waals surface area contributed by atoms with E-state index in [2.05, 4.69) is 5.32 Å². The van der Waals surface area contributed by atoms with Crippen LogP contribution in [-0.2, 0) is 0 Å². The molecule has 0 amide bonds. The fraction of sp³-hybridized carbons (Fsp3) is 1.00. The van der Waals surface area contributed by atoms with Gasteiger partial charge < -0.3 is 5.32 Å². The van der Waals surface area contributed by atoms with Crippen LogP contribution in [0.2, 0.25) is 0 Å². The van der Waals surface area contributed by atoms with Gasteiger partial charge >= 0.3 is 0 Å². The molecule has 1 aliphatic carbocycles. The van der Waals surface area contributed by atoms with Gasteiger partial charge in [0.25, 0.3) is 0 Å². The molecular formula is C13H24FN. The second-order valence-corrected chi connectivity index (χ2v) is 5.28. The molecule has 1 heterocycles. The fourth-order valence-corrected chi connectivity index (χ4v) is 3.20. The highest BCUT2D eigenvalue weighted by Crippen LogP contribution is 2.34. The van der Waals surface area contributed by atoms with E-state index in [1.165, 1.54) is 19.3 Å². The van der Waals surface area contributed by atoms with Gasteiger partial charge in [-0.1, -0.05) is 19.3 Å². The van der Waals surface area contributed by atoms with Gasteiger partial charge in [-0.15, -0.1) is 0 Å². The summed E-state index contributed by atoms with van der Waals surface area (Å²) < 4.78 is 14.3. The van der Waals surface area contributed by atoms with Crippen molar-refractivity contribution in [2.45, 2.75) is 57.5 Å². The summed E-state index contributed by atoms with van der Waals surface area (Å²) in [7, 11) is 0. The van der Waals surface area contributed by atoms with Crippen LogP contribution in [-0.4, -0.2) is 19.3 Å². The van der Waals surface area contributed by atoms with Gasteiger partial charge in [-0.2, -0.15) is 0 Å². The monoisotopic (exact) mass is 213 g/mol.